The fourth-order valence-corrected chi connectivity index (χ4v) is 2.63. The molecule has 0 saturated carbocycles. The Morgan fingerprint density at radius 2 is 1.70 bits per heavy atom. The van der Waals surface area contributed by atoms with Gasteiger partial charge in [-0.05, 0) is 30.7 Å². The average molecular weight is 267 g/mol. The Morgan fingerprint density at radius 1 is 1.00 bits per heavy atom. The zero-order chi connectivity index (χ0) is 14.4. The van der Waals surface area contributed by atoms with Crippen LogP contribution in [0.15, 0.2) is 30.3 Å². The molecule has 0 atom stereocenters. The molecule has 100 valence electrons. The number of aromatic nitrogens is 1. The van der Waals surface area contributed by atoms with Gasteiger partial charge >= 0.3 is 0 Å². The summed E-state index contributed by atoms with van der Waals surface area (Å²) in [4.78, 5) is 26.2. The van der Waals surface area contributed by atoms with E-state index in [0.29, 0.717) is 11.1 Å². The molecule has 1 heterocycles. The summed E-state index contributed by atoms with van der Waals surface area (Å²) in [6.45, 7) is 1.82. The van der Waals surface area contributed by atoms with E-state index in [0.717, 1.165) is 27.4 Å². The zero-order valence-electron chi connectivity index (χ0n) is 10.9. The third-order valence-electron chi connectivity index (χ3n) is 3.59. The van der Waals surface area contributed by atoms with Gasteiger partial charge in [-0.1, -0.05) is 12.1 Å². The van der Waals surface area contributed by atoms with Gasteiger partial charge in [-0.15, -0.1) is 0 Å². The lowest BCUT2D eigenvalue weighted by Gasteiger charge is -2.03. The van der Waals surface area contributed by atoms with Crippen LogP contribution in [0, 0.1) is 6.92 Å². The number of fused-ring (bicyclic) bond motifs is 3. The second kappa shape index (κ2) is 4.09. The molecule has 20 heavy (non-hydrogen) atoms. The molecule has 5 N–H and O–H groups in total. The van der Waals surface area contributed by atoms with E-state index in [9.17, 15) is 9.59 Å². The van der Waals surface area contributed by atoms with Gasteiger partial charge in [-0.2, -0.15) is 0 Å². The molecule has 5 heteroatoms. The van der Waals surface area contributed by atoms with Gasteiger partial charge in [0, 0.05) is 27.4 Å². The van der Waals surface area contributed by atoms with Crippen LogP contribution in [0.4, 0.5) is 0 Å². The highest BCUT2D eigenvalue weighted by molar-refractivity contribution is 6.18. The number of aromatic amines is 1. The number of amides is 2. The van der Waals surface area contributed by atoms with Gasteiger partial charge < -0.3 is 16.5 Å². The van der Waals surface area contributed by atoms with Crippen LogP contribution in [-0.2, 0) is 0 Å². The number of H-pyrrole nitrogens is 1. The van der Waals surface area contributed by atoms with E-state index in [-0.39, 0.29) is 0 Å². The lowest BCUT2D eigenvalue weighted by atomic mass is 10.0. The van der Waals surface area contributed by atoms with Gasteiger partial charge in [-0.3, -0.25) is 9.59 Å². The summed E-state index contributed by atoms with van der Waals surface area (Å²) in [6, 6.07) is 8.78. The van der Waals surface area contributed by atoms with Crippen LogP contribution in [-0.4, -0.2) is 16.8 Å². The average Bonchev–Trinajstić information content (AvgIpc) is 2.78. The van der Waals surface area contributed by atoms with Crippen molar-refractivity contribution in [2.24, 2.45) is 11.5 Å². The number of hydrogen-bond donors (Lipinski definition) is 3. The molecular weight excluding hydrogens is 254 g/mol. The first-order valence-electron chi connectivity index (χ1n) is 6.14. The van der Waals surface area contributed by atoms with E-state index in [4.69, 9.17) is 11.5 Å². The molecule has 3 aromatic rings. The SMILES string of the molecule is Cc1c(C(N)=O)ccc2c1[nH]c1cccc(C(N)=O)c12. The molecule has 1 aromatic heterocycles. The Labute approximate surface area is 114 Å². The monoisotopic (exact) mass is 267 g/mol. The normalized spacial score (nSPS) is 11.1. The van der Waals surface area contributed by atoms with E-state index in [1.54, 1.807) is 24.3 Å². The van der Waals surface area contributed by atoms with Crippen LogP contribution >= 0.6 is 0 Å². The smallest absolute Gasteiger partial charge is 0.249 e. The van der Waals surface area contributed by atoms with E-state index in [1.807, 2.05) is 13.0 Å². The van der Waals surface area contributed by atoms with E-state index in [1.165, 1.54) is 0 Å². The molecule has 0 fully saturated rings. The quantitative estimate of drug-likeness (QED) is 0.659. The summed E-state index contributed by atoms with van der Waals surface area (Å²) in [5.74, 6) is -0.952. The van der Waals surface area contributed by atoms with Gasteiger partial charge in [0.1, 0.15) is 0 Å². The fraction of sp³-hybridized carbons (Fsp3) is 0.0667. The van der Waals surface area contributed by atoms with Crippen molar-refractivity contribution in [2.75, 3.05) is 0 Å². The summed E-state index contributed by atoms with van der Waals surface area (Å²) >= 11 is 0. The third-order valence-corrected chi connectivity index (χ3v) is 3.59. The van der Waals surface area contributed by atoms with Crippen molar-refractivity contribution in [2.45, 2.75) is 6.92 Å². The first kappa shape index (κ1) is 12.2. The first-order chi connectivity index (χ1) is 9.50. The predicted octanol–water partition coefficient (Wildman–Crippen LogP) is 1.83. The number of carbonyl (C=O) groups excluding carboxylic acids is 2. The van der Waals surface area contributed by atoms with Gasteiger partial charge in [-0.25, -0.2) is 0 Å². The van der Waals surface area contributed by atoms with Crippen LogP contribution in [0.2, 0.25) is 0 Å². The number of nitrogens with two attached hydrogens (primary N) is 2. The van der Waals surface area contributed by atoms with Gasteiger partial charge in [0.2, 0.25) is 11.8 Å². The molecule has 0 spiro atoms. The fourth-order valence-electron chi connectivity index (χ4n) is 2.63. The largest absolute Gasteiger partial charge is 0.366 e. The molecule has 0 saturated heterocycles. The maximum Gasteiger partial charge on any atom is 0.249 e. The van der Waals surface area contributed by atoms with Crippen molar-refractivity contribution < 1.29 is 9.59 Å². The highest BCUT2D eigenvalue weighted by Gasteiger charge is 2.15. The molecule has 0 bridgehead atoms. The lowest BCUT2D eigenvalue weighted by molar-refractivity contribution is 0.0992. The minimum absolute atomic E-state index is 0.458. The Bertz CT molecular complexity index is 878. The molecule has 2 amide bonds. The van der Waals surface area contributed by atoms with E-state index < -0.39 is 11.8 Å². The molecular formula is C15H13N3O2. The van der Waals surface area contributed by atoms with Gasteiger partial charge in [0.25, 0.3) is 0 Å². The molecule has 0 aliphatic carbocycles. The molecule has 5 nitrogen and oxygen atoms in total. The highest BCUT2D eigenvalue weighted by atomic mass is 16.1. The molecule has 0 aliphatic heterocycles. The summed E-state index contributed by atoms with van der Waals surface area (Å²) in [5, 5.41) is 1.63. The standard InChI is InChI=1S/C15H13N3O2/c1-7-8(14(16)19)5-6-9-12-10(15(17)20)3-2-4-11(12)18-13(7)9/h2-6,18H,1H3,(H2,16,19)(H2,17,20). The predicted molar refractivity (Wildman–Crippen MR) is 77.6 cm³/mol. The van der Waals surface area contributed by atoms with Crippen LogP contribution in [0.5, 0.6) is 0 Å². The number of primary amides is 2. The summed E-state index contributed by atoms with van der Waals surface area (Å²) in [7, 11) is 0. The van der Waals surface area contributed by atoms with Crippen molar-refractivity contribution in [1.29, 1.82) is 0 Å². The maximum absolute atomic E-state index is 11.6. The number of carbonyl (C=O) groups is 2. The molecule has 0 aliphatic rings. The Morgan fingerprint density at radius 3 is 2.35 bits per heavy atom. The van der Waals surface area contributed by atoms with Crippen molar-refractivity contribution >= 4 is 33.6 Å². The number of nitrogens with one attached hydrogen (secondary N) is 1. The van der Waals surface area contributed by atoms with E-state index in [2.05, 4.69) is 4.98 Å². The van der Waals surface area contributed by atoms with Crippen molar-refractivity contribution in [1.82, 2.24) is 4.98 Å². The van der Waals surface area contributed by atoms with Crippen LogP contribution < -0.4 is 11.5 Å². The van der Waals surface area contributed by atoms with Crippen molar-refractivity contribution in [3.05, 3.63) is 47.0 Å². The topological polar surface area (TPSA) is 102 Å². The Balaban J connectivity index is 2.50. The second-order valence-electron chi connectivity index (χ2n) is 4.74. The third kappa shape index (κ3) is 1.56. The molecule has 0 unspecified atom stereocenters. The van der Waals surface area contributed by atoms with Crippen LogP contribution in [0.1, 0.15) is 26.3 Å². The van der Waals surface area contributed by atoms with Gasteiger partial charge in [0.15, 0.2) is 0 Å². The second-order valence-corrected chi connectivity index (χ2v) is 4.74. The Hall–Kier alpha value is -2.82. The molecule has 0 radical (unpaired) electrons. The van der Waals surface area contributed by atoms with E-state index >= 15 is 0 Å². The lowest BCUT2D eigenvalue weighted by Crippen LogP contribution is -2.12. The van der Waals surface area contributed by atoms with Crippen LogP contribution in [0.25, 0.3) is 21.8 Å². The van der Waals surface area contributed by atoms with Gasteiger partial charge in [0.05, 0.1) is 5.52 Å². The summed E-state index contributed by atoms with van der Waals surface area (Å²) in [6.07, 6.45) is 0. The van der Waals surface area contributed by atoms with Crippen molar-refractivity contribution in [3.8, 4) is 0 Å². The summed E-state index contributed by atoms with van der Waals surface area (Å²) in [5.41, 5.74) is 14.1. The number of rotatable bonds is 2. The maximum atomic E-state index is 11.6. The first-order valence-corrected chi connectivity index (χ1v) is 6.14. The van der Waals surface area contributed by atoms with Crippen molar-refractivity contribution in [3.63, 3.8) is 0 Å². The number of aryl methyl sites for hydroxylation is 1. The number of benzene rings is 2. The summed E-state index contributed by atoms with van der Waals surface area (Å²) < 4.78 is 0. The Kier molecular flexibility index (Phi) is 2.50. The molecule has 2 aromatic carbocycles. The zero-order valence-corrected chi connectivity index (χ0v) is 10.9. The number of hydrogen-bond acceptors (Lipinski definition) is 2. The highest BCUT2D eigenvalue weighted by Crippen LogP contribution is 2.31. The van der Waals surface area contributed by atoms with Crippen LogP contribution in [0.3, 0.4) is 0 Å². The minimum Gasteiger partial charge on any atom is -0.366 e. The molecule has 3 rings (SSSR count). The minimum atomic E-state index is -0.479.